The lowest BCUT2D eigenvalue weighted by molar-refractivity contribution is 0.00525. The van der Waals surface area contributed by atoms with Crippen LogP contribution in [0.5, 0.6) is 0 Å². The fourth-order valence-electron chi connectivity index (χ4n) is 1.40. The fourth-order valence-corrected chi connectivity index (χ4v) is 1.40. The third-order valence-electron chi connectivity index (χ3n) is 2.41. The number of ether oxygens (including phenoxy) is 5. The maximum absolute atomic E-state index is 8.49. The Bertz CT molecular complexity index is 163. The molecule has 0 rings (SSSR count). The molecule has 0 aromatic heterocycles. The van der Waals surface area contributed by atoms with Crippen LogP contribution >= 0.6 is 0 Å². The van der Waals surface area contributed by atoms with E-state index >= 15 is 0 Å². The van der Waals surface area contributed by atoms with Crippen LogP contribution in [0.4, 0.5) is 0 Å². The van der Waals surface area contributed by atoms with E-state index in [-0.39, 0.29) is 13.2 Å². The summed E-state index contributed by atoms with van der Waals surface area (Å²) >= 11 is 0. The minimum atomic E-state index is 0.0442. The quantitative estimate of drug-likeness (QED) is 0.340. The first kappa shape index (κ1) is 20.7. The molecule has 0 atom stereocenters. The van der Waals surface area contributed by atoms with E-state index in [2.05, 4.69) is 0 Å². The molecule has 2 N–H and O–H groups in total. The molecule has 0 aliphatic rings. The highest BCUT2D eigenvalue weighted by Crippen LogP contribution is 1.92. The van der Waals surface area contributed by atoms with Crippen LogP contribution in [0.25, 0.3) is 0 Å². The smallest absolute Gasteiger partial charge is 0.0701 e. The summed E-state index contributed by atoms with van der Waals surface area (Å²) < 4.78 is 26.2. The summed E-state index contributed by atoms with van der Waals surface area (Å²) in [5.74, 6) is 0. The predicted octanol–water partition coefficient (Wildman–Crippen LogP) is -0.166. The summed E-state index contributed by atoms with van der Waals surface area (Å²) in [7, 11) is 0. The molecule has 0 aromatic rings. The van der Waals surface area contributed by atoms with Gasteiger partial charge in [-0.2, -0.15) is 0 Å². The van der Waals surface area contributed by atoms with Gasteiger partial charge in [0, 0.05) is 13.2 Å². The second kappa shape index (κ2) is 19.7. The zero-order valence-corrected chi connectivity index (χ0v) is 12.8. The molecule has 0 aliphatic carbocycles. The van der Waals surface area contributed by atoms with Gasteiger partial charge in [-0.05, 0) is 12.8 Å². The predicted molar refractivity (Wildman–Crippen MR) is 77.5 cm³/mol. The molecule has 0 aliphatic heterocycles. The molecule has 128 valence electrons. The number of aliphatic hydroxyl groups is 2. The van der Waals surface area contributed by atoms with Gasteiger partial charge < -0.3 is 33.9 Å². The van der Waals surface area contributed by atoms with Gasteiger partial charge in [0.25, 0.3) is 0 Å². The summed E-state index contributed by atoms with van der Waals surface area (Å²) in [6.07, 6.45) is 1.91. The molecule has 0 bridgehead atoms. The lowest BCUT2D eigenvalue weighted by Gasteiger charge is -2.07. The Morgan fingerprint density at radius 3 is 1.00 bits per heavy atom. The van der Waals surface area contributed by atoms with Crippen LogP contribution in [-0.4, -0.2) is 89.5 Å². The Morgan fingerprint density at radius 1 is 0.381 bits per heavy atom. The Labute approximate surface area is 127 Å². The summed E-state index contributed by atoms with van der Waals surface area (Å²) in [6.45, 7) is 5.47. The van der Waals surface area contributed by atoms with Crippen molar-refractivity contribution >= 4 is 0 Å². The zero-order valence-electron chi connectivity index (χ0n) is 12.8. The average Bonchev–Trinajstić information content (AvgIpc) is 2.50. The molecular formula is C14H30O7. The average molecular weight is 310 g/mol. The molecule has 21 heavy (non-hydrogen) atoms. The van der Waals surface area contributed by atoms with Crippen molar-refractivity contribution in [2.24, 2.45) is 0 Å². The van der Waals surface area contributed by atoms with Crippen LogP contribution in [0.15, 0.2) is 0 Å². The summed E-state index contributed by atoms with van der Waals surface area (Å²) in [4.78, 5) is 0. The van der Waals surface area contributed by atoms with Gasteiger partial charge in [0.2, 0.25) is 0 Å². The maximum Gasteiger partial charge on any atom is 0.0701 e. The molecular weight excluding hydrogens is 280 g/mol. The first-order chi connectivity index (χ1) is 10.4. The van der Waals surface area contributed by atoms with Crippen LogP contribution < -0.4 is 0 Å². The zero-order chi connectivity index (χ0) is 15.4. The Balaban J connectivity index is 2.90. The third-order valence-corrected chi connectivity index (χ3v) is 2.41. The van der Waals surface area contributed by atoms with E-state index in [9.17, 15) is 0 Å². The van der Waals surface area contributed by atoms with Gasteiger partial charge in [-0.1, -0.05) is 0 Å². The molecule has 7 heteroatoms. The van der Waals surface area contributed by atoms with Gasteiger partial charge in [-0.15, -0.1) is 0 Å². The van der Waals surface area contributed by atoms with Crippen molar-refractivity contribution in [3.63, 3.8) is 0 Å². The minimum absolute atomic E-state index is 0.0442. The van der Waals surface area contributed by atoms with E-state index in [0.717, 1.165) is 12.8 Å². The van der Waals surface area contributed by atoms with E-state index in [1.807, 2.05) is 0 Å². The van der Waals surface area contributed by atoms with Crippen LogP contribution in [0, 0.1) is 0 Å². The fraction of sp³-hybridized carbons (Fsp3) is 1.00. The number of unbranched alkanes of at least 4 members (excludes halogenated alkanes) is 1. The van der Waals surface area contributed by atoms with Crippen molar-refractivity contribution < 1.29 is 33.9 Å². The number of rotatable bonds is 18. The van der Waals surface area contributed by atoms with Gasteiger partial charge >= 0.3 is 0 Å². The lowest BCUT2D eigenvalue weighted by atomic mass is 10.3. The highest BCUT2D eigenvalue weighted by atomic mass is 16.5. The molecule has 0 unspecified atom stereocenters. The summed E-state index contributed by atoms with van der Waals surface area (Å²) in [5.41, 5.74) is 0. The minimum Gasteiger partial charge on any atom is -0.394 e. The number of hydrogen-bond donors (Lipinski definition) is 2. The van der Waals surface area contributed by atoms with Crippen LogP contribution in [0.2, 0.25) is 0 Å². The molecule has 0 saturated heterocycles. The third kappa shape index (κ3) is 19.7. The van der Waals surface area contributed by atoms with E-state index in [0.29, 0.717) is 66.1 Å². The van der Waals surface area contributed by atoms with E-state index in [1.54, 1.807) is 0 Å². The SMILES string of the molecule is OCCOCCOCCCCOCCOCCOCCO. The van der Waals surface area contributed by atoms with E-state index in [4.69, 9.17) is 33.9 Å². The molecule has 7 nitrogen and oxygen atoms in total. The van der Waals surface area contributed by atoms with Crippen molar-refractivity contribution in [1.29, 1.82) is 0 Å². The second-order valence-electron chi connectivity index (χ2n) is 4.22. The molecule has 0 aromatic carbocycles. The molecule has 0 saturated carbocycles. The largest absolute Gasteiger partial charge is 0.394 e. The topological polar surface area (TPSA) is 86.6 Å². The molecule has 0 heterocycles. The van der Waals surface area contributed by atoms with Crippen molar-refractivity contribution in [3.05, 3.63) is 0 Å². The van der Waals surface area contributed by atoms with Crippen molar-refractivity contribution in [1.82, 2.24) is 0 Å². The van der Waals surface area contributed by atoms with Crippen LogP contribution in [-0.2, 0) is 23.7 Å². The molecule has 0 amide bonds. The van der Waals surface area contributed by atoms with Gasteiger partial charge in [0.05, 0.1) is 66.1 Å². The lowest BCUT2D eigenvalue weighted by Crippen LogP contribution is -2.11. The van der Waals surface area contributed by atoms with Gasteiger partial charge in [-0.25, -0.2) is 0 Å². The summed E-state index contributed by atoms with van der Waals surface area (Å²) in [5, 5.41) is 17.0. The summed E-state index contributed by atoms with van der Waals surface area (Å²) in [6, 6.07) is 0. The van der Waals surface area contributed by atoms with Crippen LogP contribution in [0.1, 0.15) is 12.8 Å². The highest BCUT2D eigenvalue weighted by molar-refractivity contribution is 4.40. The highest BCUT2D eigenvalue weighted by Gasteiger charge is 1.93. The molecule has 0 radical (unpaired) electrons. The Kier molecular flexibility index (Phi) is 19.5. The van der Waals surface area contributed by atoms with Gasteiger partial charge in [0.15, 0.2) is 0 Å². The van der Waals surface area contributed by atoms with Crippen molar-refractivity contribution in [2.75, 3.05) is 79.3 Å². The van der Waals surface area contributed by atoms with Crippen LogP contribution in [0.3, 0.4) is 0 Å². The Morgan fingerprint density at radius 2 is 0.667 bits per heavy atom. The first-order valence-electron chi connectivity index (χ1n) is 7.52. The van der Waals surface area contributed by atoms with E-state index < -0.39 is 0 Å². The molecule has 0 fully saturated rings. The van der Waals surface area contributed by atoms with Crippen molar-refractivity contribution in [2.45, 2.75) is 12.8 Å². The normalized spacial score (nSPS) is 11.1. The van der Waals surface area contributed by atoms with Gasteiger partial charge in [-0.3, -0.25) is 0 Å². The number of aliphatic hydroxyl groups excluding tert-OH is 2. The second-order valence-corrected chi connectivity index (χ2v) is 4.22. The Hall–Kier alpha value is -0.280. The monoisotopic (exact) mass is 310 g/mol. The maximum atomic E-state index is 8.49. The van der Waals surface area contributed by atoms with Gasteiger partial charge in [0.1, 0.15) is 0 Å². The molecule has 0 spiro atoms. The number of hydrogen-bond acceptors (Lipinski definition) is 7. The standard InChI is InChI=1S/C14H30O7/c15-3-7-19-11-9-17-5-1-2-6-18-10-13-21-14-12-20-8-4-16/h15-16H,1-14H2. The van der Waals surface area contributed by atoms with Crippen molar-refractivity contribution in [3.8, 4) is 0 Å². The van der Waals surface area contributed by atoms with E-state index in [1.165, 1.54) is 0 Å². The first-order valence-corrected chi connectivity index (χ1v) is 7.52.